The maximum Gasteiger partial charge on any atom is 0.387 e. The summed E-state index contributed by atoms with van der Waals surface area (Å²) in [5.74, 6) is -1.38. The maximum absolute atomic E-state index is 12.8. The molecule has 4 rings (SSSR count). The van der Waals surface area contributed by atoms with Crippen LogP contribution >= 0.6 is 0 Å². The van der Waals surface area contributed by atoms with Gasteiger partial charge >= 0.3 is 6.61 Å². The van der Waals surface area contributed by atoms with Crippen LogP contribution < -0.4 is 10.1 Å². The second-order valence-corrected chi connectivity index (χ2v) is 7.25. The average molecular weight is 436 g/mol. The molecule has 3 aromatic carbocycles. The number of hydrogen-bond acceptors (Lipinski definition) is 4. The molecule has 0 unspecified atom stereocenters. The summed E-state index contributed by atoms with van der Waals surface area (Å²) in [5, 5.41) is 2.70. The zero-order valence-electron chi connectivity index (χ0n) is 17.0. The molecule has 1 heterocycles. The van der Waals surface area contributed by atoms with Gasteiger partial charge in [-0.15, -0.1) is 0 Å². The third-order valence-electron chi connectivity index (χ3n) is 5.12. The molecule has 3 amide bonds. The molecule has 0 spiro atoms. The molecule has 0 saturated heterocycles. The van der Waals surface area contributed by atoms with E-state index in [0.717, 1.165) is 10.5 Å². The second kappa shape index (κ2) is 8.58. The zero-order valence-corrected chi connectivity index (χ0v) is 17.0. The molecule has 3 aromatic rings. The molecule has 0 aromatic heterocycles. The van der Waals surface area contributed by atoms with Crippen molar-refractivity contribution in [2.45, 2.75) is 13.0 Å². The van der Waals surface area contributed by atoms with Crippen LogP contribution in [-0.2, 0) is 6.42 Å². The third kappa shape index (κ3) is 4.20. The van der Waals surface area contributed by atoms with E-state index in [1.54, 1.807) is 6.07 Å². The van der Waals surface area contributed by atoms with Gasteiger partial charge in [0.05, 0.1) is 11.1 Å². The second-order valence-electron chi connectivity index (χ2n) is 7.25. The number of fused-ring (bicyclic) bond motifs is 1. The largest absolute Gasteiger partial charge is 0.435 e. The molecule has 1 aliphatic rings. The van der Waals surface area contributed by atoms with E-state index in [2.05, 4.69) is 10.1 Å². The van der Waals surface area contributed by atoms with E-state index in [9.17, 15) is 23.2 Å². The molecule has 6 nitrogen and oxygen atoms in total. The molecule has 0 atom stereocenters. The molecule has 0 saturated carbocycles. The molecular weight excluding hydrogens is 418 g/mol. The van der Waals surface area contributed by atoms with Gasteiger partial charge in [0.15, 0.2) is 0 Å². The smallest absolute Gasteiger partial charge is 0.387 e. The molecular formula is C24H18F2N2O4. The Kier molecular flexibility index (Phi) is 5.68. The molecule has 0 aliphatic carbocycles. The molecule has 0 fully saturated rings. The number of nitrogens with zero attached hydrogens (tertiary/aromatic N) is 1. The first-order valence-corrected chi connectivity index (χ1v) is 9.73. The summed E-state index contributed by atoms with van der Waals surface area (Å²) >= 11 is 0. The van der Waals surface area contributed by atoms with Gasteiger partial charge in [-0.2, -0.15) is 8.78 Å². The number of hydrogen-bond donors (Lipinski definition) is 1. The zero-order chi connectivity index (χ0) is 22.8. The summed E-state index contributed by atoms with van der Waals surface area (Å²) in [6.07, 6.45) is 0.328. The van der Waals surface area contributed by atoms with Gasteiger partial charge in [-0.3, -0.25) is 19.3 Å². The summed E-state index contributed by atoms with van der Waals surface area (Å²) in [6, 6.07) is 17.9. The van der Waals surface area contributed by atoms with Gasteiger partial charge in [0.25, 0.3) is 17.7 Å². The van der Waals surface area contributed by atoms with E-state index in [0.29, 0.717) is 17.7 Å². The number of carbonyl (C=O) groups is 3. The Morgan fingerprint density at radius 3 is 2.41 bits per heavy atom. The summed E-state index contributed by atoms with van der Waals surface area (Å²) in [5.41, 5.74) is 2.34. The van der Waals surface area contributed by atoms with Crippen LogP contribution in [0.2, 0.25) is 0 Å². The van der Waals surface area contributed by atoms with Gasteiger partial charge in [-0.05, 0) is 42.0 Å². The Morgan fingerprint density at radius 1 is 0.969 bits per heavy atom. The van der Waals surface area contributed by atoms with Crippen LogP contribution in [0.25, 0.3) is 0 Å². The normalized spacial score (nSPS) is 12.8. The molecule has 0 bridgehead atoms. The van der Waals surface area contributed by atoms with Crippen LogP contribution in [0, 0.1) is 0 Å². The number of anilines is 1. The highest BCUT2D eigenvalue weighted by Gasteiger charge is 2.33. The molecule has 32 heavy (non-hydrogen) atoms. The Balaban J connectivity index is 1.59. The van der Waals surface area contributed by atoms with Crippen LogP contribution in [0.5, 0.6) is 5.75 Å². The minimum atomic E-state index is -2.98. The highest BCUT2D eigenvalue weighted by atomic mass is 19.3. The predicted octanol–water partition coefficient (Wildman–Crippen LogP) is 4.36. The van der Waals surface area contributed by atoms with E-state index < -0.39 is 24.3 Å². The molecule has 1 N–H and O–H groups in total. The van der Waals surface area contributed by atoms with Gasteiger partial charge in [0.1, 0.15) is 5.75 Å². The van der Waals surface area contributed by atoms with Crippen molar-refractivity contribution in [2.24, 2.45) is 0 Å². The Hall–Kier alpha value is -4.07. The Morgan fingerprint density at radius 2 is 1.69 bits per heavy atom. The van der Waals surface area contributed by atoms with E-state index >= 15 is 0 Å². The highest BCUT2D eigenvalue weighted by molar-refractivity contribution is 6.22. The molecule has 8 heteroatoms. The predicted molar refractivity (Wildman–Crippen MR) is 113 cm³/mol. The number of ether oxygens (including phenoxy) is 1. The van der Waals surface area contributed by atoms with Crippen LogP contribution in [0.3, 0.4) is 0 Å². The van der Waals surface area contributed by atoms with Gasteiger partial charge in [-0.25, -0.2) is 0 Å². The lowest BCUT2D eigenvalue weighted by Crippen LogP contribution is -2.24. The summed E-state index contributed by atoms with van der Waals surface area (Å²) in [6.45, 7) is -2.98. The number of amides is 3. The number of nitrogens with one attached hydrogen (secondary N) is 1. The first kappa shape index (κ1) is 21.2. The molecule has 1 aliphatic heterocycles. The van der Waals surface area contributed by atoms with Gasteiger partial charge in [0.2, 0.25) is 0 Å². The number of imide groups is 1. The highest BCUT2D eigenvalue weighted by Crippen LogP contribution is 2.28. The molecule has 0 radical (unpaired) electrons. The quantitative estimate of drug-likeness (QED) is 0.583. The van der Waals surface area contributed by atoms with Crippen LogP contribution in [0.4, 0.5) is 14.5 Å². The fraction of sp³-hybridized carbons (Fsp3) is 0.125. The molecule has 162 valence electrons. The van der Waals surface area contributed by atoms with Crippen molar-refractivity contribution in [1.29, 1.82) is 0 Å². The SMILES string of the molecule is CN1C(=O)c2ccc(C(=O)Nc3ccc(OC(F)F)c(Cc4ccccc4)c3)cc2C1=O. The minimum absolute atomic E-state index is 0.0199. The average Bonchev–Trinajstić information content (AvgIpc) is 2.99. The van der Waals surface area contributed by atoms with E-state index in [1.165, 1.54) is 37.4 Å². The maximum atomic E-state index is 12.8. The summed E-state index contributed by atoms with van der Waals surface area (Å²) in [4.78, 5) is 37.9. The van der Waals surface area contributed by atoms with Crippen molar-refractivity contribution in [3.63, 3.8) is 0 Å². The topological polar surface area (TPSA) is 75.7 Å². The number of alkyl halides is 2. The van der Waals surface area contributed by atoms with Crippen LogP contribution in [-0.4, -0.2) is 36.3 Å². The van der Waals surface area contributed by atoms with Gasteiger partial charge < -0.3 is 10.1 Å². The van der Waals surface area contributed by atoms with Crippen LogP contribution in [0.1, 0.15) is 42.2 Å². The van der Waals surface area contributed by atoms with Crippen molar-refractivity contribution in [3.05, 3.63) is 94.5 Å². The Labute approximate surface area is 182 Å². The number of carbonyl (C=O) groups excluding carboxylic acids is 3. The van der Waals surface area contributed by atoms with E-state index in [1.807, 2.05) is 30.3 Å². The summed E-state index contributed by atoms with van der Waals surface area (Å²) in [7, 11) is 1.38. The lowest BCUT2D eigenvalue weighted by atomic mass is 10.0. The Bertz CT molecular complexity index is 1210. The number of rotatable bonds is 6. The summed E-state index contributed by atoms with van der Waals surface area (Å²) < 4.78 is 30.3. The monoisotopic (exact) mass is 436 g/mol. The first-order valence-electron chi connectivity index (χ1n) is 9.73. The standard InChI is InChI=1S/C24H18F2N2O4/c1-28-22(30)18-9-7-15(13-19(18)23(28)31)21(29)27-17-8-10-20(32-24(25)26)16(12-17)11-14-5-3-2-4-6-14/h2-10,12-13,24H,11H2,1H3,(H,27,29). The van der Waals surface area contributed by atoms with Gasteiger partial charge in [-0.1, -0.05) is 30.3 Å². The lowest BCUT2D eigenvalue weighted by molar-refractivity contribution is -0.0503. The van der Waals surface area contributed by atoms with Crippen molar-refractivity contribution in [1.82, 2.24) is 4.90 Å². The minimum Gasteiger partial charge on any atom is -0.435 e. The fourth-order valence-corrected chi connectivity index (χ4v) is 3.53. The van der Waals surface area contributed by atoms with E-state index in [-0.39, 0.29) is 22.4 Å². The fourth-order valence-electron chi connectivity index (χ4n) is 3.53. The number of halogens is 2. The van der Waals surface area contributed by atoms with E-state index in [4.69, 9.17) is 0 Å². The van der Waals surface area contributed by atoms with Crippen molar-refractivity contribution in [3.8, 4) is 5.75 Å². The van der Waals surface area contributed by atoms with Crippen LogP contribution in [0.15, 0.2) is 66.7 Å². The number of benzene rings is 3. The third-order valence-corrected chi connectivity index (χ3v) is 5.12. The first-order chi connectivity index (χ1) is 15.3. The van der Waals surface area contributed by atoms with Crippen molar-refractivity contribution >= 4 is 23.4 Å². The van der Waals surface area contributed by atoms with Crippen molar-refractivity contribution < 1.29 is 27.9 Å². The van der Waals surface area contributed by atoms with Gasteiger partial charge in [0, 0.05) is 30.3 Å². The van der Waals surface area contributed by atoms with Crippen molar-refractivity contribution in [2.75, 3.05) is 12.4 Å². The lowest BCUT2D eigenvalue weighted by Gasteiger charge is -2.14.